The van der Waals surface area contributed by atoms with Crippen LogP contribution in [0.25, 0.3) is 0 Å². The molecular weight excluding hydrogens is 224 g/mol. The number of hydrogen-bond acceptors (Lipinski definition) is 4. The Balaban J connectivity index is 1.68. The van der Waals surface area contributed by atoms with E-state index in [0.29, 0.717) is 6.04 Å². The summed E-state index contributed by atoms with van der Waals surface area (Å²) in [5.74, 6) is 0. The fourth-order valence-electron chi connectivity index (χ4n) is 3.67. The summed E-state index contributed by atoms with van der Waals surface area (Å²) in [5.41, 5.74) is 6.46. The van der Waals surface area contributed by atoms with Gasteiger partial charge in [-0.15, -0.1) is 0 Å². The number of likely N-dealkylation sites (N-methyl/N-ethyl adjacent to an activating group) is 1. The van der Waals surface area contributed by atoms with E-state index in [1.54, 1.807) is 0 Å². The molecule has 0 amide bonds. The second-order valence-corrected chi connectivity index (χ2v) is 6.66. The number of nitrogens with zero attached hydrogens (tertiary/aromatic N) is 3. The highest BCUT2D eigenvalue weighted by molar-refractivity contribution is 5.05. The third-order valence-electron chi connectivity index (χ3n) is 5.44. The molecule has 2 saturated heterocycles. The SMILES string of the molecule is CC1CN(C2(CN)CCN(C3CC3)C2)CCN1C. The number of piperazine rings is 1. The molecule has 4 nitrogen and oxygen atoms in total. The van der Waals surface area contributed by atoms with Crippen LogP contribution in [-0.4, -0.2) is 78.6 Å². The molecule has 2 unspecified atom stereocenters. The van der Waals surface area contributed by atoms with Crippen molar-refractivity contribution in [2.45, 2.75) is 43.8 Å². The van der Waals surface area contributed by atoms with Crippen molar-refractivity contribution in [1.29, 1.82) is 0 Å². The van der Waals surface area contributed by atoms with E-state index < -0.39 is 0 Å². The van der Waals surface area contributed by atoms with E-state index in [9.17, 15) is 0 Å². The molecule has 0 radical (unpaired) electrons. The van der Waals surface area contributed by atoms with E-state index in [1.165, 1.54) is 52.0 Å². The zero-order chi connectivity index (χ0) is 12.8. The van der Waals surface area contributed by atoms with Crippen molar-refractivity contribution in [3.05, 3.63) is 0 Å². The zero-order valence-electron chi connectivity index (χ0n) is 11.9. The first-order valence-electron chi connectivity index (χ1n) is 7.54. The first-order chi connectivity index (χ1) is 8.64. The van der Waals surface area contributed by atoms with E-state index in [2.05, 4.69) is 28.7 Å². The first-order valence-corrected chi connectivity index (χ1v) is 7.54. The topological polar surface area (TPSA) is 35.7 Å². The van der Waals surface area contributed by atoms with Crippen LogP contribution in [0.3, 0.4) is 0 Å². The number of likely N-dealkylation sites (tertiary alicyclic amines) is 1. The molecule has 1 saturated carbocycles. The average molecular weight is 252 g/mol. The highest BCUT2D eigenvalue weighted by Gasteiger charge is 2.46. The van der Waals surface area contributed by atoms with Gasteiger partial charge in [-0.05, 0) is 33.2 Å². The summed E-state index contributed by atoms with van der Waals surface area (Å²) >= 11 is 0. The quantitative estimate of drug-likeness (QED) is 0.778. The number of rotatable bonds is 3. The molecule has 0 aromatic carbocycles. The van der Waals surface area contributed by atoms with Crippen molar-refractivity contribution in [3.8, 4) is 0 Å². The maximum absolute atomic E-state index is 6.18. The van der Waals surface area contributed by atoms with Crippen LogP contribution in [0.1, 0.15) is 26.2 Å². The van der Waals surface area contributed by atoms with Gasteiger partial charge in [0.1, 0.15) is 0 Å². The van der Waals surface area contributed by atoms with E-state index in [4.69, 9.17) is 5.73 Å². The lowest BCUT2D eigenvalue weighted by Crippen LogP contribution is -2.63. The van der Waals surface area contributed by atoms with Gasteiger partial charge in [0.25, 0.3) is 0 Å². The fraction of sp³-hybridized carbons (Fsp3) is 1.00. The van der Waals surface area contributed by atoms with Crippen molar-refractivity contribution < 1.29 is 0 Å². The van der Waals surface area contributed by atoms with Gasteiger partial charge in [-0.3, -0.25) is 9.80 Å². The Morgan fingerprint density at radius 3 is 2.61 bits per heavy atom. The Kier molecular flexibility index (Phi) is 3.39. The summed E-state index contributed by atoms with van der Waals surface area (Å²) in [6, 6.07) is 1.56. The van der Waals surface area contributed by atoms with Gasteiger partial charge >= 0.3 is 0 Å². The lowest BCUT2D eigenvalue weighted by molar-refractivity contribution is 0.0222. The number of hydrogen-bond donors (Lipinski definition) is 1. The lowest BCUT2D eigenvalue weighted by atomic mass is 9.94. The van der Waals surface area contributed by atoms with Gasteiger partial charge in [0.15, 0.2) is 0 Å². The minimum absolute atomic E-state index is 0.276. The third kappa shape index (κ3) is 2.20. The molecule has 2 aliphatic heterocycles. The van der Waals surface area contributed by atoms with E-state index in [1.807, 2.05) is 0 Å². The van der Waals surface area contributed by atoms with Crippen molar-refractivity contribution in [3.63, 3.8) is 0 Å². The Bertz CT molecular complexity index is 304. The van der Waals surface area contributed by atoms with Crippen molar-refractivity contribution in [2.24, 2.45) is 5.73 Å². The molecule has 3 fully saturated rings. The molecule has 4 heteroatoms. The second-order valence-electron chi connectivity index (χ2n) is 6.66. The average Bonchev–Trinajstić information content (AvgIpc) is 3.13. The van der Waals surface area contributed by atoms with Gasteiger partial charge in [0.05, 0.1) is 0 Å². The largest absolute Gasteiger partial charge is 0.329 e. The Morgan fingerprint density at radius 1 is 1.22 bits per heavy atom. The van der Waals surface area contributed by atoms with Crippen LogP contribution < -0.4 is 5.73 Å². The van der Waals surface area contributed by atoms with Gasteiger partial charge in [0, 0.05) is 56.9 Å². The molecule has 2 N–H and O–H groups in total. The van der Waals surface area contributed by atoms with Crippen molar-refractivity contribution in [2.75, 3.05) is 46.3 Å². The normalized spacial score (nSPS) is 40.5. The summed E-state index contributed by atoms with van der Waals surface area (Å²) in [6.45, 7) is 9.21. The molecule has 0 aromatic rings. The van der Waals surface area contributed by atoms with Gasteiger partial charge in [0.2, 0.25) is 0 Å². The monoisotopic (exact) mass is 252 g/mol. The highest BCUT2D eigenvalue weighted by atomic mass is 15.4. The fourth-order valence-corrected chi connectivity index (χ4v) is 3.67. The van der Waals surface area contributed by atoms with Gasteiger partial charge in [-0.25, -0.2) is 0 Å². The third-order valence-corrected chi connectivity index (χ3v) is 5.44. The second kappa shape index (κ2) is 4.75. The summed E-state index contributed by atoms with van der Waals surface area (Å²) in [5, 5.41) is 0. The van der Waals surface area contributed by atoms with Crippen LogP contribution >= 0.6 is 0 Å². The molecule has 3 rings (SSSR count). The van der Waals surface area contributed by atoms with Crippen molar-refractivity contribution >= 4 is 0 Å². The van der Waals surface area contributed by atoms with E-state index in [0.717, 1.165) is 12.6 Å². The summed E-state index contributed by atoms with van der Waals surface area (Å²) in [6.07, 6.45) is 4.11. The predicted molar refractivity (Wildman–Crippen MR) is 74.7 cm³/mol. The van der Waals surface area contributed by atoms with Crippen LogP contribution in [0.15, 0.2) is 0 Å². The molecule has 3 aliphatic rings. The van der Waals surface area contributed by atoms with Crippen LogP contribution in [0, 0.1) is 0 Å². The number of nitrogens with two attached hydrogens (primary N) is 1. The van der Waals surface area contributed by atoms with Crippen molar-refractivity contribution in [1.82, 2.24) is 14.7 Å². The van der Waals surface area contributed by atoms with Crippen LogP contribution in [0.4, 0.5) is 0 Å². The minimum Gasteiger partial charge on any atom is -0.329 e. The maximum atomic E-state index is 6.18. The van der Waals surface area contributed by atoms with Gasteiger partial charge in [-0.1, -0.05) is 0 Å². The molecule has 104 valence electrons. The lowest BCUT2D eigenvalue weighted by Gasteiger charge is -2.47. The Labute approximate surface area is 111 Å². The smallest absolute Gasteiger partial charge is 0.0471 e. The highest BCUT2D eigenvalue weighted by Crippen LogP contribution is 2.36. The molecule has 0 spiro atoms. The summed E-state index contributed by atoms with van der Waals surface area (Å²) in [7, 11) is 2.24. The minimum atomic E-state index is 0.276. The Hall–Kier alpha value is -0.160. The van der Waals surface area contributed by atoms with Gasteiger partial charge < -0.3 is 10.6 Å². The molecule has 1 aliphatic carbocycles. The molecule has 2 atom stereocenters. The van der Waals surface area contributed by atoms with Gasteiger partial charge in [-0.2, -0.15) is 0 Å². The van der Waals surface area contributed by atoms with Crippen LogP contribution in [0.2, 0.25) is 0 Å². The van der Waals surface area contributed by atoms with Crippen LogP contribution in [-0.2, 0) is 0 Å². The predicted octanol–water partition coefficient (Wildman–Crippen LogP) is 0.188. The van der Waals surface area contributed by atoms with Crippen LogP contribution in [0.5, 0.6) is 0 Å². The standard InChI is InChI=1S/C14H28N4/c1-12-9-18(8-7-16(12)2)14(10-15)5-6-17(11-14)13-3-4-13/h12-13H,3-11,15H2,1-2H3. The molecule has 0 bridgehead atoms. The van der Waals surface area contributed by atoms with E-state index >= 15 is 0 Å². The molecule has 2 heterocycles. The first kappa shape index (κ1) is 12.9. The van der Waals surface area contributed by atoms with E-state index in [-0.39, 0.29) is 5.54 Å². The zero-order valence-corrected chi connectivity index (χ0v) is 11.9. The molecular formula is C14H28N4. The summed E-state index contributed by atoms with van der Waals surface area (Å²) in [4.78, 5) is 7.85. The maximum Gasteiger partial charge on any atom is 0.0471 e. The summed E-state index contributed by atoms with van der Waals surface area (Å²) < 4.78 is 0. The molecule has 0 aromatic heterocycles. The molecule has 18 heavy (non-hydrogen) atoms. The Morgan fingerprint density at radius 2 is 2.00 bits per heavy atom.